The first-order valence-electron chi connectivity index (χ1n) is 10.4. The number of carbonyl (C=O) groups is 2. The number of hydrogen-bond acceptors (Lipinski definition) is 5. The molecule has 4 N–H and O–H groups in total. The number of fused-ring (bicyclic) bond motifs is 1. The predicted molar refractivity (Wildman–Crippen MR) is 116 cm³/mol. The van der Waals surface area contributed by atoms with E-state index in [9.17, 15) is 14.7 Å². The van der Waals surface area contributed by atoms with E-state index in [2.05, 4.69) is 15.0 Å². The Balaban J connectivity index is 1.68. The number of anilines is 2. The lowest BCUT2D eigenvalue weighted by molar-refractivity contribution is 0.1000. The summed E-state index contributed by atoms with van der Waals surface area (Å²) >= 11 is 0. The van der Waals surface area contributed by atoms with E-state index in [1.54, 1.807) is 12.1 Å². The van der Waals surface area contributed by atoms with Crippen molar-refractivity contribution < 1.29 is 14.7 Å². The van der Waals surface area contributed by atoms with Crippen molar-refractivity contribution in [3.8, 4) is 0 Å². The summed E-state index contributed by atoms with van der Waals surface area (Å²) < 4.78 is 3.97. The summed E-state index contributed by atoms with van der Waals surface area (Å²) in [5.41, 5.74) is 8.34. The molecule has 1 saturated heterocycles. The average Bonchev–Trinajstić information content (AvgIpc) is 3.27. The van der Waals surface area contributed by atoms with E-state index in [1.165, 1.54) is 4.90 Å². The van der Waals surface area contributed by atoms with E-state index in [0.717, 1.165) is 36.4 Å². The number of nitrogens with zero attached hydrogens (tertiary/aromatic N) is 5. The van der Waals surface area contributed by atoms with Crippen LogP contribution in [0, 0.1) is 12.8 Å². The molecular formula is C21H27N7O3. The van der Waals surface area contributed by atoms with Crippen LogP contribution in [0.5, 0.6) is 0 Å². The molecule has 1 aromatic carbocycles. The molecule has 1 aliphatic heterocycles. The normalized spacial score (nSPS) is 14.8. The number of nitrogens with one attached hydrogen (secondary N) is 1. The van der Waals surface area contributed by atoms with Gasteiger partial charge in [0.15, 0.2) is 0 Å². The second-order valence-corrected chi connectivity index (χ2v) is 7.94. The topological polar surface area (TPSA) is 131 Å². The van der Waals surface area contributed by atoms with Crippen LogP contribution < -0.4 is 11.1 Å². The number of aromatic nitrogens is 4. The van der Waals surface area contributed by atoms with Crippen molar-refractivity contribution in [1.29, 1.82) is 0 Å². The summed E-state index contributed by atoms with van der Waals surface area (Å²) in [6, 6.07) is 7.24. The lowest BCUT2D eigenvalue weighted by Crippen LogP contribution is -2.38. The van der Waals surface area contributed by atoms with Gasteiger partial charge in [-0.3, -0.25) is 4.79 Å². The fourth-order valence-electron chi connectivity index (χ4n) is 4.13. The van der Waals surface area contributed by atoms with Crippen LogP contribution in [0.3, 0.4) is 0 Å². The third-order valence-corrected chi connectivity index (χ3v) is 5.80. The van der Waals surface area contributed by atoms with Gasteiger partial charge >= 0.3 is 6.09 Å². The maximum atomic E-state index is 11.6. The van der Waals surface area contributed by atoms with Crippen LogP contribution in [0.4, 0.5) is 16.6 Å². The van der Waals surface area contributed by atoms with Gasteiger partial charge in [-0.2, -0.15) is 5.10 Å². The third-order valence-electron chi connectivity index (χ3n) is 5.80. The summed E-state index contributed by atoms with van der Waals surface area (Å²) in [6.07, 6.45) is 0.712. The molecule has 2 amide bonds. The van der Waals surface area contributed by atoms with Crippen molar-refractivity contribution in [1.82, 2.24) is 24.2 Å². The molecule has 0 unspecified atom stereocenters. The van der Waals surface area contributed by atoms with Crippen LogP contribution in [0.25, 0.3) is 11.0 Å². The smallest absolute Gasteiger partial charge is 0.407 e. The Bertz CT molecular complexity index is 1130. The number of aryl methyl sites for hydroxylation is 2. The lowest BCUT2D eigenvalue weighted by atomic mass is 9.97. The second-order valence-electron chi connectivity index (χ2n) is 7.94. The SMILES string of the molecule is CCn1nc(C)cc1Nc1nc2cc(C(N)=O)ccc2n1CC1CCN(C(=O)O)CC1. The Labute approximate surface area is 179 Å². The molecule has 10 nitrogen and oxygen atoms in total. The Hall–Kier alpha value is -3.56. The minimum Gasteiger partial charge on any atom is -0.465 e. The van der Waals surface area contributed by atoms with Gasteiger partial charge in [-0.15, -0.1) is 0 Å². The molecule has 2 aromatic heterocycles. The highest BCUT2D eigenvalue weighted by Gasteiger charge is 2.24. The first-order chi connectivity index (χ1) is 14.9. The number of piperidine rings is 1. The fourth-order valence-corrected chi connectivity index (χ4v) is 4.13. The zero-order valence-corrected chi connectivity index (χ0v) is 17.7. The van der Waals surface area contributed by atoms with Gasteiger partial charge in [0.1, 0.15) is 5.82 Å². The van der Waals surface area contributed by atoms with Crippen molar-refractivity contribution >= 4 is 34.8 Å². The molecule has 0 atom stereocenters. The van der Waals surface area contributed by atoms with Gasteiger partial charge in [0.2, 0.25) is 11.9 Å². The number of carbonyl (C=O) groups excluding carboxylic acids is 1. The molecule has 3 aromatic rings. The Morgan fingerprint density at radius 3 is 2.65 bits per heavy atom. The van der Waals surface area contributed by atoms with E-state index in [4.69, 9.17) is 10.7 Å². The molecule has 4 rings (SSSR count). The van der Waals surface area contributed by atoms with Crippen LogP contribution in [0.15, 0.2) is 24.3 Å². The number of amides is 2. The standard InChI is InChI=1S/C21H27N7O3/c1-3-28-18(10-13(2)25-28)24-20-23-16-11-15(19(22)29)4-5-17(16)27(20)12-14-6-8-26(9-7-14)21(30)31/h4-5,10-11,14H,3,6-9,12H2,1-2H3,(H2,22,29)(H,23,24)(H,30,31). The van der Waals surface area contributed by atoms with Crippen molar-refractivity contribution in [3.05, 3.63) is 35.5 Å². The zero-order chi connectivity index (χ0) is 22.1. The number of nitrogens with two attached hydrogens (primary N) is 1. The highest BCUT2D eigenvalue weighted by Crippen LogP contribution is 2.28. The van der Waals surface area contributed by atoms with Crippen molar-refractivity contribution in [2.45, 2.75) is 39.8 Å². The Morgan fingerprint density at radius 1 is 1.26 bits per heavy atom. The molecular weight excluding hydrogens is 398 g/mol. The molecule has 0 spiro atoms. The lowest BCUT2D eigenvalue weighted by Gasteiger charge is -2.30. The van der Waals surface area contributed by atoms with Gasteiger partial charge in [-0.25, -0.2) is 14.5 Å². The highest BCUT2D eigenvalue weighted by molar-refractivity contribution is 5.96. The monoisotopic (exact) mass is 425 g/mol. The van der Waals surface area contributed by atoms with E-state index >= 15 is 0 Å². The van der Waals surface area contributed by atoms with Crippen molar-refractivity contribution in [2.75, 3.05) is 18.4 Å². The van der Waals surface area contributed by atoms with Gasteiger partial charge in [-0.05, 0) is 50.8 Å². The second kappa shape index (κ2) is 8.29. The highest BCUT2D eigenvalue weighted by atomic mass is 16.4. The molecule has 31 heavy (non-hydrogen) atoms. The number of rotatable bonds is 6. The molecule has 3 heterocycles. The van der Waals surface area contributed by atoms with Gasteiger partial charge in [0.25, 0.3) is 0 Å². The summed E-state index contributed by atoms with van der Waals surface area (Å²) in [7, 11) is 0. The van der Waals surface area contributed by atoms with Crippen LogP contribution in [0.2, 0.25) is 0 Å². The zero-order valence-electron chi connectivity index (χ0n) is 17.7. The largest absolute Gasteiger partial charge is 0.465 e. The van der Waals surface area contributed by atoms with Crippen LogP contribution >= 0.6 is 0 Å². The fraction of sp³-hybridized carbons (Fsp3) is 0.429. The summed E-state index contributed by atoms with van der Waals surface area (Å²) in [5.74, 6) is 1.33. The predicted octanol–water partition coefficient (Wildman–Crippen LogP) is 2.79. The number of likely N-dealkylation sites (tertiary alicyclic amines) is 1. The van der Waals surface area contributed by atoms with Gasteiger partial charge in [0, 0.05) is 37.8 Å². The number of primary amides is 1. The maximum absolute atomic E-state index is 11.6. The molecule has 0 aliphatic carbocycles. The Kier molecular flexibility index (Phi) is 5.53. The van der Waals surface area contributed by atoms with Gasteiger partial charge in [-0.1, -0.05) is 0 Å². The maximum Gasteiger partial charge on any atom is 0.407 e. The number of carboxylic acid groups (broad SMARTS) is 1. The van der Waals surface area contributed by atoms with Gasteiger partial charge in [0.05, 0.1) is 16.7 Å². The van der Waals surface area contributed by atoms with Crippen molar-refractivity contribution in [3.63, 3.8) is 0 Å². The molecule has 0 radical (unpaired) electrons. The summed E-state index contributed by atoms with van der Waals surface area (Å²) in [5, 5.41) is 17.1. The quantitative estimate of drug-likeness (QED) is 0.556. The number of benzene rings is 1. The van der Waals surface area contributed by atoms with Crippen molar-refractivity contribution in [2.24, 2.45) is 11.7 Å². The summed E-state index contributed by atoms with van der Waals surface area (Å²) in [4.78, 5) is 29.0. The average molecular weight is 425 g/mol. The van der Waals surface area contributed by atoms with E-state index in [1.807, 2.05) is 30.7 Å². The first kappa shape index (κ1) is 20.7. The molecule has 1 aliphatic rings. The minimum atomic E-state index is -0.865. The molecule has 10 heteroatoms. The van der Waals surface area contributed by atoms with Crippen LogP contribution in [-0.2, 0) is 13.1 Å². The first-order valence-corrected chi connectivity index (χ1v) is 10.4. The van der Waals surface area contributed by atoms with Crippen LogP contribution in [-0.4, -0.2) is 54.4 Å². The summed E-state index contributed by atoms with van der Waals surface area (Å²) in [6.45, 7) is 6.44. The third kappa shape index (κ3) is 4.18. The number of imidazole rings is 1. The Morgan fingerprint density at radius 2 is 2.00 bits per heavy atom. The van der Waals surface area contributed by atoms with Gasteiger partial charge < -0.3 is 25.6 Å². The minimum absolute atomic E-state index is 0.321. The molecule has 0 bridgehead atoms. The number of hydrogen-bond donors (Lipinski definition) is 3. The van der Waals surface area contributed by atoms with E-state index < -0.39 is 12.0 Å². The molecule has 0 saturated carbocycles. The molecule has 164 valence electrons. The molecule has 1 fully saturated rings. The van der Waals surface area contributed by atoms with E-state index in [-0.39, 0.29) is 0 Å². The van der Waals surface area contributed by atoms with Crippen LogP contribution in [0.1, 0.15) is 35.8 Å². The van der Waals surface area contributed by atoms with E-state index in [0.29, 0.717) is 42.6 Å².